The van der Waals surface area contributed by atoms with E-state index < -0.39 is 0 Å². The molecule has 3 heterocycles. The van der Waals surface area contributed by atoms with Gasteiger partial charge in [0.25, 0.3) is 0 Å². The van der Waals surface area contributed by atoms with Crippen molar-refractivity contribution >= 4 is 29.0 Å². The maximum atomic E-state index is 12.7. The minimum Gasteiger partial charge on any atom is -0.334 e. The molecular weight excluding hydrogens is 338 g/mol. The Bertz CT molecular complexity index is 780. The molecule has 1 aliphatic heterocycles. The molecule has 1 fully saturated rings. The zero-order valence-corrected chi connectivity index (χ0v) is 15.4. The van der Waals surface area contributed by atoms with Crippen LogP contribution in [0.5, 0.6) is 0 Å². The standard InChI is InChI=1S/C18H19N3OS2/c1-12-9-13(2)20-18(14(12)10-19)24-11-17(22)21-7-3-5-15(21)16-6-4-8-23-16/h4,6,8-9,15H,3,5,7,11H2,1-2H3/t15-/m0/s1. The Balaban J connectivity index is 1.71. The number of amides is 1. The largest absolute Gasteiger partial charge is 0.334 e. The van der Waals surface area contributed by atoms with Crippen molar-refractivity contribution in [1.82, 2.24) is 9.88 Å². The summed E-state index contributed by atoms with van der Waals surface area (Å²) in [5.41, 5.74) is 2.37. The minimum absolute atomic E-state index is 0.126. The highest BCUT2D eigenvalue weighted by Gasteiger charge is 2.30. The number of aryl methyl sites for hydroxylation is 2. The number of likely N-dealkylation sites (tertiary alicyclic amines) is 1. The summed E-state index contributed by atoms with van der Waals surface area (Å²) < 4.78 is 0. The molecule has 0 bridgehead atoms. The summed E-state index contributed by atoms with van der Waals surface area (Å²) >= 11 is 3.08. The van der Waals surface area contributed by atoms with Crippen LogP contribution in [-0.4, -0.2) is 28.1 Å². The normalized spacial score (nSPS) is 17.0. The Kier molecular flexibility index (Phi) is 5.22. The van der Waals surface area contributed by atoms with Gasteiger partial charge in [-0.15, -0.1) is 11.3 Å². The lowest BCUT2D eigenvalue weighted by Crippen LogP contribution is -2.31. The first-order chi connectivity index (χ1) is 11.6. The highest BCUT2D eigenvalue weighted by atomic mass is 32.2. The number of rotatable bonds is 4. The summed E-state index contributed by atoms with van der Waals surface area (Å²) in [5, 5.41) is 12.1. The van der Waals surface area contributed by atoms with Gasteiger partial charge in [-0.2, -0.15) is 5.26 Å². The van der Waals surface area contributed by atoms with E-state index in [2.05, 4.69) is 22.5 Å². The van der Waals surface area contributed by atoms with E-state index in [1.54, 1.807) is 11.3 Å². The van der Waals surface area contributed by atoms with E-state index in [9.17, 15) is 10.1 Å². The van der Waals surface area contributed by atoms with Gasteiger partial charge in [-0.3, -0.25) is 4.79 Å². The summed E-state index contributed by atoms with van der Waals surface area (Å²) in [5.74, 6) is 0.452. The van der Waals surface area contributed by atoms with E-state index in [-0.39, 0.29) is 11.9 Å². The number of thioether (sulfide) groups is 1. The van der Waals surface area contributed by atoms with Crippen LogP contribution in [0.2, 0.25) is 0 Å². The van der Waals surface area contributed by atoms with Crippen LogP contribution in [0.3, 0.4) is 0 Å². The van der Waals surface area contributed by atoms with E-state index in [0.717, 1.165) is 30.6 Å². The van der Waals surface area contributed by atoms with Crippen molar-refractivity contribution < 1.29 is 4.79 Å². The molecule has 4 nitrogen and oxygen atoms in total. The third-order valence-corrected chi connectivity index (χ3v) is 6.13. The monoisotopic (exact) mass is 357 g/mol. The first-order valence-corrected chi connectivity index (χ1v) is 9.80. The molecule has 0 unspecified atom stereocenters. The Morgan fingerprint density at radius 2 is 2.38 bits per heavy atom. The van der Waals surface area contributed by atoms with E-state index in [1.807, 2.05) is 30.9 Å². The second-order valence-corrected chi connectivity index (χ2v) is 7.87. The van der Waals surface area contributed by atoms with Crippen molar-refractivity contribution in [2.24, 2.45) is 0 Å². The maximum absolute atomic E-state index is 12.7. The van der Waals surface area contributed by atoms with Gasteiger partial charge >= 0.3 is 0 Å². The number of carbonyl (C=O) groups excluding carboxylic acids is 1. The average Bonchev–Trinajstić information content (AvgIpc) is 3.22. The van der Waals surface area contributed by atoms with Crippen LogP contribution >= 0.6 is 23.1 Å². The Morgan fingerprint density at radius 1 is 1.54 bits per heavy atom. The van der Waals surface area contributed by atoms with Crippen LogP contribution in [0, 0.1) is 25.2 Å². The summed E-state index contributed by atoms with van der Waals surface area (Å²) in [6.07, 6.45) is 2.08. The maximum Gasteiger partial charge on any atom is 0.233 e. The second-order valence-electron chi connectivity index (χ2n) is 5.92. The molecule has 0 radical (unpaired) electrons. The van der Waals surface area contributed by atoms with Gasteiger partial charge in [0, 0.05) is 17.1 Å². The molecule has 3 rings (SSSR count). The smallest absolute Gasteiger partial charge is 0.233 e. The summed E-state index contributed by atoms with van der Waals surface area (Å²) in [4.78, 5) is 20.4. The van der Waals surface area contributed by atoms with Gasteiger partial charge in [0.15, 0.2) is 0 Å². The van der Waals surface area contributed by atoms with Gasteiger partial charge in [0.05, 0.1) is 17.4 Å². The molecule has 24 heavy (non-hydrogen) atoms. The molecule has 0 aliphatic carbocycles. The Labute approximate surface area is 150 Å². The molecule has 124 valence electrons. The van der Waals surface area contributed by atoms with Gasteiger partial charge in [0.2, 0.25) is 5.91 Å². The van der Waals surface area contributed by atoms with Gasteiger partial charge in [-0.05, 0) is 49.8 Å². The predicted octanol–water partition coefficient (Wildman–Crippen LogP) is 4.09. The lowest BCUT2D eigenvalue weighted by molar-refractivity contribution is -0.129. The van der Waals surface area contributed by atoms with Crippen LogP contribution < -0.4 is 0 Å². The number of hydrogen-bond acceptors (Lipinski definition) is 5. The third-order valence-electron chi connectivity index (χ3n) is 4.20. The molecule has 0 saturated carbocycles. The predicted molar refractivity (Wildman–Crippen MR) is 97.2 cm³/mol. The zero-order valence-electron chi connectivity index (χ0n) is 13.8. The van der Waals surface area contributed by atoms with Gasteiger partial charge in [0.1, 0.15) is 11.1 Å². The number of hydrogen-bond donors (Lipinski definition) is 0. The van der Waals surface area contributed by atoms with Crippen molar-refractivity contribution in [3.63, 3.8) is 0 Å². The molecule has 1 aliphatic rings. The second kappa shape index (κ2) is 7.37. The average molecular weight is 358 g/mol. The van der Waals surface area contributed by atoms with Gasteiger partial charge < -0.3 is 4.90 Å². The number of nitrogens with zero attached hydrogens (tertiary/aromatic N) is 3. The molecule has 0 spiro atoms. The van der Waals surface area contributed by atoms with Crippen LogP contribution in [0.1, 0.15) is 40.6 Å². The number of pyridine rings is 1. The van der Waals surface area contributed by atoms with Crippen LogP contribution in [0.4, 0.5) is 0 Å². The van der Waals surface area contributed by atoms with Crippen LogP contribution in [0.15, 0.2) is 28.6 Å². The molecule has 0 aromatic carbocycles. The molecule has 2 aromatic heterocycles. The molecule has 1 amide bonds. The molecule has 1 atom stereocenters. The van der Waals surface area contributed by atoms with E-state index in [1.165, 1.54) is 16.6 Å². The topological polar surface area (TPSA) is 57.0 Å². The lowest BCUT2D eigenvalue weighted by atomic mass is 10.1. The van der Waals surface area contributed by atoms with Crippen molar-refractivity contribution in [3.8, 4) is 6.07 Å². The number of aromatic nitrogens is 1. The number of nitriles is 1. The van der Waals surface area contributed by atoms with E-state index >= 15 is 0 Å². The van der Waals surface area contributed by atoms with Crippen molar-refractivity contribution in [3.05, 3.63) is 45.3 Å². The first kappa shape index (κ1) is 17.0. The molecule has 0 N–H and O–H groups in total. The molecular formula is C18H19N3OS2. The quantitative estimate of drug-likeness (QED) is 0.774. The summed E-state index contributed by atoms with van der Waals surface area (Å²) in [6, 6.07) is 8.46. The third kappa shape index (κ3) is 3.47. The SMILES string of the molecule is Cc1cc(C)c(C#N)c(SCC(=O)N2CCC[C@H]2c2cccs2)n1. The fourth-order valence-electron chi connectivity index (χ4n) is 3.10. The molecule has 2 aromatic rings. The molecule has 6 heteroatoms. The summed E-state index contributed by atoms with van der Waals surface area (Å²) in [7, 11) is 0. The van der Waals surface area contributed by atoms with Gasteiger partial charge in [-0.25, -0.2) is 4.98 Å². The zero-order chi connectivity index (χ0) is 17.1. The van der Waals surface area contributed by atoms with E-state index in [4.69, 9.17) is 0 Å². The fraction of sp³-hybridized carbons (Fsp3) is 0.389. The minimum atomic E-state index is 0.126. The van der Waals surface area contributed by atoms with Crippen molar-refractivity contribution in [1.29, 1.82) is 5.26 Å². The van der Waals surface area contributed by atoms with Crippen LogP contribution in [0.25, 0.3) is 0 Å². The lowest BCUT2D eigenvalue weighted by Gasteiger charge is -2.23. The molecule has 1 saturated heterocycles. The van der Waals surface area contributed by atoms with E-state index in [0.29, 0.717) is 16.3 Å². The highest BCUT2D eigenvalue weighted by molar-refractivity contribution is 8.00. The van der Waals surface area contributed by atoms with Crippen molar-refractivity contribution in [2.45, 2.75) is 37.8 Å². The first-order valence-electron chi connectivity index (χ1n) is 7.94. The Hall–Kier alpha value is -1.84. The Morgan fingerprint density at radius 3 is 3.08 bits per heavy atom. The number of carbonyl (C=O) groups is 1. The van der Waals surface area contributed by atoms with Crippen LogP contribution in [-0.2, 0) is 4.79 Å². The van der Waals surface area contributed by atoms with Gasteiger partial charge in [-0.1, -0.05) is 17.8 Å². The number of thiophene rings is 1. The van der Waals surface area contributed by atoms with Crippen molar-refractivity contribution in [2.75, 3.05) is 12.3 Å². The fourth-order valence-corrected chi connectivity index (χ4v) is 4.96. The highest BCUT2D eigenvalue weighted by Crippen LogP contribution is 2.35. The summed E-state index contributed by atoms with van der Waals surface area (Å²) in [6.45, 7) is 4.63.